The molecule has 6 rings (SSSR count). The smallest absolute Gasteiger partial charge is 0.183 e. The van der Waals surface area contributed by atoms with Crippen LogP contribution in [0.3, 0.4) is 0 Å². The van der Waals surface area contributed by atoms with E-state index in [-0.39, 0.29) is 22.9 Å². The van der Waals surface area contributed by atoms with Crippen LogP contribution in [0.25, 0.3) is 22.3 Å². The molecule has 0 fully saturated rings. The van der Waals surface area contributed by atoms with Crippen molar-refractivity contribution in [2.45, 2.75) is 38.5 Å². The number of benzene rings is 3. The zero-order valence-corrected chi connectivity index (χ0v) is 20.9. The van der Waals surface area contributed by atoms with E-state index < -0.39 is 34.2 Å². The number of nitrogens with one attached hydrogen (secondary N) is 2. The summed E-state index contributed by atoms with van der Waals surface area (Å²) in [5.41, 5.74) is 2.51. The van der Waals surface area contributed by atoms with Crippen molar-refractivity contribution in [1.29, 1.82) is 0 Å². The molecule has 3 heterocycles. The monoisotopic (exact) mass is 519 g/mol. The molecule has 0 bridgehead atoms. The van der Waals surface area contributed by atoms with Gasteiger partial charge < -0.3 is 14.7 Å². The summed E-state index contributed by atoms with van der Waals surface area (Å²) in [5, 5.41) is -0.0341. The molecule has 38 heavy (non-hydrogen) atoms. The molecule has 2 N–H and O–H groups in total. The van der Waals surface area contributed by atoms with Gasteiger partial charge in [0.05, 0.1) is 17.7 Å². The van der Waals surface area contributed by atoms with Crippen molar-refractivity contribution in [1.82, 2.24) is 15.0 Å². The summed E-state index contributed by atoms with van der Waals surface area (Å²) in [6.07, 6.45) is 4.35. The summed E-state index contributed by atoms with van der Waals surface area (Å²) in [7, 11) is 0. The predicted octanol–water partition coefficient (Wildman–Crippen LogP) is 7.36. The number of aryl methyl sites for hydroxylation is 1. The number of halogens is 4. The summed E-state index contributed by atoms with van der Waals surface area (Å²) >= 11 is 0. The van der Waals surface area contributed by atoms with Gasteiger partial charge in [0.1, 0.15) is 23.2 Å². The van der Waals surface area contributed by atoms with Crippen molar-refractivity contribution in [3.63, 3.8) is 0 Å². The van der Waals surface area contributed by atoms with Gasteiger partial charge in [-0.15, -0.1) is 0 Å². The largest absolute Gasteiger partial charge is 0.493 e. The number of hydrogen-bond acceptors (Lipinski definition) is 2. The molecular formula is C30H25F4N3O. The van der Waals surface area contributed by atoms with Gasteiger partial charge in [0.15, 0.2) is 11.6 Å². The zero-order valence-electron chi connectivity index (χ0n) is 20.9. The Morgan fingerprint density at radius 2 is 1.87 bits per heavy atom. The third-order valence-corrected chi connectivity index (χ3v) is 7.68. The number of imidazole rings is 1. The Labute approximate surface area is 216 Å². The second-order valence-corrected chi connectivity index (χ2v) is 9.90. The average molecular weight is 520 g/mol. The summed E-state index contributed by atoms with van der Waals surface area (Å²) in [6, 6.07) is 11.6. The van der Waals surface area contributed by atoms with Crippen molar-refractivity contribution < 1.29 is 22.3 Å². The van der Waals surface area contributed by atoms with E-state index in [1.54, 1.807) is 6.20 Å². The second kappa shape index (κ2) is 9.04. The Kier molecular flexibility index (Phi) is 5.78. The topological polar surface area (TPSA) is 53.7 Å². The summed E-state index contributed by atoms with van der Waals surface area (Å²) in [4.78, 5) is 10.3. The molecular weight excluding hydrogens is 494 g/mol. The fourth-order valence-corrected chi connectivity index (χ4v) is 5.44. The number of aromatic amines is 2. The van der Waals surface area contributed by atoms with E-state index in [1.165, 1.54) is 30.5 Å². The lowest BCUT2D eigenvalue weighted by Gasteiger charge is -2.36. The second-order valence-electron chi connectivity index (χ2n) is 9.90. The standard InChI is InChI=1S/C30H25F4N3O/c1-3-17-5-4-6-21-28(17)38-12-10-30(21,2)23-15-36-29(37-23)19-13-16(7-8-22(19)31)14-20-24(32)18-9-11-35-27(18)26(34)25(20)33/h4-9,11,13,15,35H,3,10,12,14H2,1-2H3,(H,36,37). The summed E-state index contributed by atoms with van der Waals surface area (Å²) in [5.74, 6) is -2.61. The summed E-state index contributed by atoms with van der Waals surface area (Å²) < 4.78 is 65.3. The zero-order chi connectivity index (χ0) is 26.6. The fraction of sp³-hybridized carbons (Fsp3) is 0.233. The lowest BCUT2D eigenvalue weighted by molar-refractivity contribution is 0.239. The molecule has 194 valence electrons. The molecule has 3 aromatic carbocycles. The minimum atomic E-state index is -1.26. The quantitative estimate of drug-likeness (QED) is 0.188. The van der Waals surface area contributed by atoms with Crippen LogP contribution < -0.4 is 4.74 Å². The number of ether oxygens (including phenoxy) is 1. The number of H-pyrrole nitrogens is 2. The Morgan fingerprint density at radius 1 is 1.03 bits per heavy atom. The first-order valence-corrected chi connectivity index (χ1v) is 12.5. The molecule has 1 aliphatic rings. The van der Waals surface area contributed by atoms with E-state index in [4.69, 9.17) is 4.74 Å². The predicted molar refractivity (Wildman–Crippen MR) is 137 cm³/mol. The Hall–Kier alpha value is -4.07. The van der Waals surface area contributed by atoms with Crippen LogP contribution in [0, 0.1) is 23.3 Å². The third-order valence-electron chi connectivity index (χ3n) is 7.68. The van der Waals surface area contributed by atoms with Crippen molar-refractivity contribution in [3.05, 3.63) is 106 Å². The van der Waals surface area contributed by atoms with E-state index in [9.17, 15) is 13.2 Å². The van der Waals surface area contributed by atoms with Gasteiger partial charge in [0, 0.05) is 46.4 Å². The maximum Gasteiger partial charge on any atom is 0.183 e. The van der Waals surface area contributed by atoms with Gasteiger partial charge in [0.25, 0.3) is 0 Å². The van der Waals surface area contributed by atoms with Gasteiger partial charge in [-0.2, -0.15) is 0 Å². The van der Waals surface area contributed by atoms with Gasteiger partial charge >= 0.3 is 0 Å². The van der Waals surface area contributed by atoms with E-state index in [0.717, 1.165) is 29.0 Å². The molecule has 1 unspecified atom stereocenters. The maximum atomic E-state index is 15.0. The van der Waals surface area contributed by atoms with E-state index in [0.29, 0.717) is 24.4 Å². The molecule has 0 saturated carbocycles. The number of fused-ring (bicyclic) bond motifs is 2. The number of para-hydroxylation sites is 1. The fourth-order valence-electron chi connectivity index (χ4n) is 5.44. The molecule has 0 radical (unpaired) electrons. The van der Waals surface area contributed by atoms with Crippen LogP contribution in [0.4, 0.5) is 17.6 Å². The van der Waals surface area contributed by atoms with Crippen LogP contribution in [0.2, 0.25) is 0 Å². The maximum absolute atomic E-state index is 15.0. The van der Waals surface area contributed by atoms with Crippen molar-refractivity contribution in [3.8, 4) is 17.1 Å². The molecule has 2 aromatic heterocycles. The number of rotatable bonds is 5. The highest BCUT2D eigenvalue weighted by molar-refractivity contribution is 5.82. The molecule has 8 heteroatoms. The van der Waals surface area contributed by atoms with Crippen LogP contribution >= 0.6 is 0 Å². The minimum Gasteiger partial charge on any atom is -0.493 e. The van der Waals surface area contributed by atoms with Crippen molar-refractivity contribution in [2.24, 2.45) is 0 Å². The normalized spacial score (nSPS) is 17.0. The first kappa shape index (κ1) is 24.3. The van der Waals surface area contributed by atoms with Crippen LogP contribution in [0.1, 0.15) is 48.2 Å². The van der Waals surface area contributed by atoms with E-state index in [1.807, 2.05) is 12.1 Å². The molecule has 0 saturated heterocycles. The number of nitrogens with zero attached hydrogens (tertiary/aromatic N) is 1. The molecule has 0 amide bonds. The minimum absolute atomic E-state index is 0.0341. The average Bonchev–Trinajstić information content (AvgIpc) is 3.62. The van der Waals surface area contributed by atoms with Crippen LogP contribution in [-0.4, -0.2) is 21.6 Å². The Morgan fingerprint density at radius 3 is 2.68 bits per heavy atom. The third kappa shape index (κ3) is 3.69. The molecule has 1 aliphatic heterocycles. The molecule has 1 atom stereocenters. The lowest BCUT2D eigenvalue weighted by atomic mass is 9.74. The molecule has 4 nitrogen and oxygen atoms in total. The van der Waals surface area contributed by atoms with Gasteiger partial charge in [-0.25, -0.2) is 22.5 Å². The molecule has 0 spiro atoms. The van der Waals surface area contributed by atoms with Crippen LogP contribution in [0.5, 0.6) is 5.75 Å². The molecule has 5 aromatic rings. The van der Waals surface area contributed by atoms with E-state index in [2.05, 4.69) is 34.9 Å². The highest BCUT2D eigenvalue weighted by atomic mass is 19.2. The van der Waals surface area contributed by atoms with E-state index >= 15 is 4.39 Å². The highest BCUT2D eigenvalue weighted by Crippen LogP contribution is 2.45. The van der Waals surface area contributed by atoms with Crippen LogP contribution in [0.15, 0.2) is 54.9 Å². The van der Waals surface area contributed by atoms with Crippen molar-refractivity contribution >= 4 is 10.9 Å². The van der Waals surface area contributed by atoms with Gasteiger partial charge in [-0.1, -0.05) is 31.2 Å². The first-order valence-electron chi connectivity index (χ1n) is 12.5. The number of hydrogen-bond donors (Lipinski definition) is 2. The lowest BCUT2D eigenvalue weighted by Crippen LogP contribution is -2.32. The number of aromatic nitrogens is 3. The molecule has 0 aliphatic carbocycles. The van der Waals surface area contributed by atoms with Gasteiger partial charge in [0.2, 0.25) is 0 Å². The highest BCUT2D eigenvalue weighted by Gasteiger charge is 2.37. The van der Waals surface area contributed by atoms with Gasteiger partial charge in [-0.3, -0.25) is 0 Å². The first-order chi connectivity index (χ1) is 18.3. The van der Waals surface area contributed by atoms with Crippen molar-refractivity contribution in [2.75, 3.05) is 6.61 Å². The SMILES string of the molecule is CCc1cccc2c1OCCC2(C)c1cnc(-c2cc(Cc3c(F)c(F)c4[nH]ccc4c3F)ccc2F)[nH]1. The van der Waals surface area contributed by atoms with Crippen LogP contribution in [-0.2, 0) is 18.3 Å². The Bertz CT molecular complexity index is 1690. The van der Waals surface area contributed by atoms with Gasteiger partial charge in [-0.05, 0) is 49.1 Å². The summed E-state index contributed by atoms with van der Waals surface area (Å²) in [6.45, 7) is 4.73. The Balaban J connectivity index is 1.37.